The molecule has 21 heavy (non-hydrogen) atoms. The Morgan fingerprint density at radius 1 is 1.38 bits per heavy atom. The third kappa shape index (κ3) is 5.86. The van der Waals surface area contributed by atoms with Crippen molar-refractivity contribution in [1.82, 2.24) is 10.2 Å². The molecule has 0 aromatic heterocycles. The maximum Gasteiger partial charge on any atom is 0.220 e. The summed E-state index contributed by atoms with van der Waals surface area (Å²) in [6.45, 7) is 4.72. The van der Waals surface area contributed by atoms with E-state index in [1.807, 2.05) is 18.2 Å². The topological polar surface area (TPSA) is 41.6 Å². The second kappa shape index (κ2) is 8.80. The molecule has 0 aliphatic carbocycles. The van der Waals surface area contributed by atoms with Gasteiger partial charge in [0, 0.05) is 33.2 Å². The number of nitrogens with zero attached hydrogens (tertiary/aromatic N) is 1. The van der Waals surface area contributed by atoms with Crippen molar-refractivity contribution >= 4 is 5.91 Å². The maximum absolute atomic E-state index is 11.4. The molecule has 4 heteroatoms. The molecule has 0 bridgehead atoms. The maximum atomic E-state index is 11.4. The molecule has 0 radical (unpaired) electrons. The minimum atomic E-state index is 0.160. The smallest absolute Gasteiger partial charge is 0.220 e. The van der Waals surface area contributed by atoms with Crippen molar-refractivity contribution < 1.29 is 9.53 Å². The highest BCUT2D eigenvalue weighted by atomic mass is 16.5. The molecule has 1 aliphatic rings. The number of carbonyl (C=O) groups excluding carboxylic acids is 1. The minimum Gasteiger partial charge on any atom is -0.377 e. The van der Waals surface area contributed by atoms with E-state index in [-0.39, 0.29) is 5.91 Å². The Hall–Kier alpha value is -1.39. The summed E-state index contributed by atoms with van der Waals surface area (Å²) in [6, 6.07) is 10.3. The molecule has 1 saturated heterocycles. The molecule has 1 aromatic rings. The van der Waals surface area contributed by atoms with Crippen LogP contribution in [0.3, 0.4) is 0 Å². The molecule has 1 fully saturated rings. The van der Waals surface area contributed by atoms with E-state index in [1.54, 1.807) is 7.05 Å². The molecule has 1 aliphatic heterocycles. The average Bonchev–Trinajstić information content (AvgIpc) is 2.95. The number of nitrogens with one attached hydrogen (secondary N) is 1. The molecule has 0 unspecified atom stereocenters. The van der Waals surface area contributed by atoms with Crippen LogP contribution in [0.4, 0.5) is 0 Å². The molecule has 1 atom stereocenters. The van der Waals surface area contributed by atoms with Crippen molar-refractivity contribution in [3.05, 3.63) is 35.9 Å². The van der Waals surface area contributed by atoms with Gasteiger partial charge in [0.2, 0.25) is 5.91 Å². The van der Waals surface area contributed by atoms with Crippen LogP contribution in [-0.4, -0.2) is 44.1 Å². The number of hydrogen-bond acceptors (Lipinski definition) is 3. The number of ether oxygens (including phenoxy) is 1. The molecule has 0 spiro atoms. The molecule has 1 aromatic carbocycles. The van der Waals surface area contributed by atoms with Gasteiger partial charge in [0.1, 0.15) is 0 Å². The van der Waals surface area contributed by atoms with E-state index in [9.17, 15) is 4.79 Å². The zero-order valence-corrected chi connectivity index (χ0v) is 12.9. The SMILES string of the molecule is CNC(=O)C[C@H]1CCN(CCCOCc2ccccc2)C1. The second-order valence-electron chi connectivity index (χ2n) is 5.72. The molecular formula is C17H26N2O2. The first-order chi connectivity index (χ1) is 10.3. The summed E-state index contributed by atoms with van der Waals surface area (Å²) in [5, 5.41) is 2.70. The summed E-state index contributed by atoms with van der Waals surface area (Å²) in [4.78, 5) is 13.8. The van der Waals surface area contributed by atoms with Crippen molar-refractivity contribution in [2.45, 2.75) is 25.9 Å². The molecule has 4 nitrogen and oxygen atoms in total. The van der Waals surface area contributed by atoms with Crippen LogP contribution in [0.1, 0.15) is 24.8 Å². The van der Waals surface area contributed by atoms with Gasteiger partial charge in [-0.25, -0.2) is 0 Å². The van der Waals surface area contributed by atoms with Gasteiger partial charge in [0.15, 0.2) is 0 Å². The van der Waals surface area contributed by atoms with Crippen LogP contribution in [0.15, 0.2) is 30.3 Å². The lowest BCUT2D eigenvalue weighted by molar-refractivity contribution is -0.121. The Bertz CT molecular complexity index is 422. The van der Waals surface area contributed by atoms with E-state index in [0.29, 0.717) is 18.9 Å². The first-order valence-electron chi connectivity index (χ1n) is 7.82. The highest BCUT2D eigenvalue weighted by Gasteiger charge is 2.23. The quantitative estimate of drug-likeness (QED) is 0.745. The van der Waals surface area contributed by atoms with Crippen LogP contribution in [0.5, 0.6) is 0 Å². The molecular weight excluding hydrogens is 264 g/mol. The van der Waals surface area contributed by atoms with Gasteiger partial charge in [-0.15, -0.1) is 0 Å². The summed E-state index contributed by atoms with van der Waals surface area (Å²) >= 11 is 0. The van der Waals surface area contributed by atoms with Gasteiger partial charge in [-0.2, -0.15) is 0 Å². The van der Waals surface area contributed by atoms with Gasteiger partial charge in [-0.3, -0.25) is 4.79 Å². The van der Waals surface area contributed by atoms with E-state index in [2.05, 4.69) is 22.3 Å². The fourth-order valence-electron chi connectivity index (χ4n) is 2.80. The number of hydrogen-bond donors (Lipinski definition) is 1. The van der Waals surface area contributed by atoms with Crippen molar-refractivity contribution in [2.75, 3.05) is 33.3 Å². The van der Waals surface area contributed by atoms with Crippen LogP contribution in [0.25, 0.3) is 0 Å². The Labute approximate surface area is 127 Å². The van der Waals surface area contributed by atoms with Gasteiger partial charge >= 0.3 is 0 Å². The molecule has 116 valence electrons. The Balaban J connectivity index is 1.53. The zero-order chi connectivity index (χ0) is 14.9. The number of rotatable bonds is 8. The molecule has 1 N–H and O–H groups in total. The summed E-state index contributed by atoms with van der Waals surface area (Å²) in [6.07, 6.45) is 2.86. The van der Waals surface area contributed by atoms with Crippen LogP contribution in [0.2, 0.25) is 0 Å². The van der Waals surface area contributed by atoms with Crippen molar-refractivity contribution in [2.24, 2.45) is 5.92 Å². The molecule has 0 saturated carbocycles. The van der Waals surface area contributed by atoms with E-state index in [0.717, 1.165) is 39.1 Å². The van der Waals surface area contributed by atoms with Gasteiger partial charge in [-0.05, 0) is 30.9 Å². The van der Waals surface area contributed by atoms with Gasteiger partial charge in [0.05, 0.1) is 6.61 Å². The highest BCUT2D eigenvalue weighted by Crippen LogP contribution is 2.19. The van der Waals surface area contributed by atoms with E-state index in [1.165, 1.54) is 5.56 Å². The highest BCUT2D eigenvalue weighted by molar-refractivity contribution is 5.75. The summed E-state index contributed by atoms with van der Waals surface area (Å²) < 4.78 is 5.70. The zero-order valence-electron chi connectivity index (χ0n) is 12.9. The number of likely N-dealkylation sites (tertiary alicyclic amines) is 1. The molecule has 2 rings (SSSR count). The van der Waals surface area contributed by atoms with Gasteiger partial charge in [-0.1, -0.05) is 30.3 Å². The Morgan fingerprint density at radius 3 is 2.95 bits per heavy atom. The lowest BCUT2D eigenvalue weighted by Crippen LogP contribution is -2.25. The first kappa shape index (κ1) is 16.0. The Morgan fingerprint density at radius 2 is 2.19 bits per heavy atom. The summed E-state index contributed by atoms with van der Waals surface area (Å²) in [5.74, 6) is 0.684. The van der Waals surface area contributed by atoms with Crippen molar-refractivity contribution in [3.8, 4) is 0 Å². The lowest BCUT2D eigenvalue weighted by Gasteiger charge is -2.15. The fraction of sp³-hybridized carbons (Fsp3) is 0.588. The van der Waals surface area contributed by atoms with Gasteiger partial charge < -0.3 is 15.0 Å². The van der Waals surface area contributed by atoms with Crippen molar-refractivity contribution in [3.63, 3.8) is 0 Å². The summed E-state index contributed by atoms with van der Waals surface area (Å²) in [7, 11) is 1.71. The largest absolute Gasteiger partial charge is 0.377 e. The van der Waals surface area contributed by atoms with Crippen LogP contribution in [0, 0.1) is 5.92 Å². The summed E-state index contributed by atoms with van der Waals surface area (Å²) in [5.41, 5.74) is 1.23. The molecule has 1 heterocycles. The predicted molar refractivity (Wildman–Crippen MR) is 83.9 cm³/mol. The normalized spacial score (nSPS) is 18.8. The van der Waals surface area contributed by atoms with Gasteiger partial charge in [0.25, 0.3) is 0 Å². The van der Waals surface area contributed by atoms with E-state index < -0.39 is 0 Å². The lowest BCUT2D eigenvalue weighted by atomic mass is 10.1. The monoisotopic (exact) mass is 290 g/mol. The molecule has 1 amide bonds. The van der Waals surface area contributed by atoms with Crippen LogP contribution >= 0.6 is 0 Å². The fourth-order valence-corrected chi connectivity index (χ4v) is 2.80. The third-order valence-corrected chi connectivity index (χ3v) is 4.00. The first-order valence-corrected chi connectivity index (χ1v) is 7.82. The third-order valence-electron chi connectivity index (χ3n) is 4.00. The second-order valence-corrected chi connectivity index (χ2v) is 5.72. The van der Waals surface area contributed by atoms with Crippen LogP contribution < -0.4 is 5.32 Å². The van der Waals surface area contributed by atoms with Crippen molar-refractivity contribution in [1.29, 1.82) is 0 Å². The number of carbonyl (C=O) groups is 1. The average molecular weight is 290 g/mol. The number of amides is 1. The standard InChI is InChI=1S/C17H26N2O2/c1-18-17(20)12-16-8-10-19(13-16)9-5-11-21-14-15-6-3-2-4-7-15/h2-4,6-7,16H,5,8-14H2,1H3,(H,18,20)/t16-/m1/s1. The Kier molecular flexibility index (Phi) is 6.70. The van der Waals surface area contributed by atoms with E-state index >= 15 is 0 Å². The number of benzene rings is 1. The van der Waals surface area contributed by atoms with Crippen LogP contribution in [-0.2, 0) is 16.1 Å². The predicted octanol–water partition coefficient (Wildman–Crippen LogP) is 2.05. The minimum absolute atomic E-state index is 0.160. The van der Waals surface area contributed by atoms with E-state index in [4.69, 9.17) is 4.74 Å².